The molecular weight excluding hydrogens is 296 g/mol. The Morgan fingerprint density at radius 3 is 2.61 bits per heavy atom. The Balaban J connectivity index is 1.85. The fourth-order valence-electron chi connectivity index (χ4n) is 3.06. The van der Waals surface area contributed by atoms with E-state index in [9.17, 15) is 9.59 Å². The van der Waals surface area contributed by atoms with Crippen molar-refractivity contribution in [2.45, 2.75) is 44.7 Å². The molecule has 23 heavy (non-hydrogen) atoms. The van der Waals surface area contributed by atoms with Crippen molar-refractivity contribution in [1.29, 1.82) is 0 Å². The number of rotatable bonds is 6. The smallest absolute Gasteiger partial charge is 0.308 e. The van der Waals surface area contributed by atoms with Gasteiger partial charge in [-0.2, -0.15) is 5.10 Å². The van der Waals surface area contributed by atoms with Crippen molar-refractivity contribution < 1.29 is 14.3 Å². The molecule has 1 aromatic heterocycles. The zero-order valence-electron chi connectivity index (χ0n) is 14.0. The summed E-state index contributed by atoms with van der Waals surface area (Å²) in [6, 6.07) is -0.299. The summed E-state index contributed by atoms with van der Waals surface area (Å²) in [6.45, 7) is 2.24. The molecule has 0 saturated heterocycles. The second-order valence-corrected chi connectivity index (χ2v) is 5.98. The van der Waals surface area contributed by atoms with Crippen molar-refractivity contribution in [2.75, 3.05) is 13.7 Å². The zero-order chi connectivity index (χ0) is 16.8. The lowest BCUT2D eigenvalue weighted by atomic mass is 9.86. The number of nitrogens with one attached hydrogen (secondary N) is 2. The first-order chi connectivity index (χ1) is 11.0. The van der Waals surface area contributed by atoms with Crippen LogP contribution in [0.4, 0.5) is 0 Å². The molecule has 1 fully saturated rings. The van der Waals surface area contributed by atoms with Gasteiger partial charge in [0.25, 0.3) is 0 Å². The lowest BCUT2D eigenvalue weighted by Crippen LogP contribution is -2.43. The molecule has 0 radical (unpaired) electrons. The van der Waals surface area contributed by atoms with E-state index < -0.39 is 6.04 Å². The monoisotopic (exact) mass is 322 g/mol. The molecule has 128 valence electrons. The van der Waals surface area contributed by atoms with Gasteiger partial charge in [-0.3, -0.25) is 14.3 Å². The first-order valence-corrected chi connectivity index (χ1v) is 8.18. The minimum absolute atomic E-state index is 0.0264. The molecule has 2 rings (SSSR count). The molecule has 1 aromatic rings. The van der Waals surface area contributed by atoms with Crippen LogP contribution < -0.4 is 10.6 Å². The Labute approximate surface area is 136 Å². The van der Waals surface area contributed by atoms with Crippen LogP contribution in [0.15, 0.2) is 12.4 Å². The number of hydrogen-bond donors (Lipinski definition) is 2. The van der Waals surface area contributed by atoms with Crippen molar-refractivity contribution in [3.8, 4) is 0 Å². The average Bonchev–Trinajstić information content (AvgIpc) is 2.95. The maximum atomic E-state index is 12.5. The van der Waals surface area contributed by atoms with Crippen LogP contribution in [0.2, 0.25) is 0 Å². The fourth-order valence-corrected chi connectivity index (χ4v) is 3.06. The number of ether oxygens (including phenoxy) is 1. The van der Waals surface area contributed by atoms with Crippen LogP contribution in [0.1, 0.15) is 44.2 Å². The zero-order valence-corrected chi connectivity index (χ0v) is 14.0. The Kier molecular flexibility index (Phi) is 6.15. The van der Waals surface area contributed by atoms with Gasteiger partial charge >= 0.3 is 5.97 Å². The Bertz CT molecular complexity index is 535. The van der Waals surface area contributed by atoms with Gasteiger partial charge in [-0.05, 0) is 39.7 Å². The third-order valence-electron chi connectivity index (χ3n) is 4.30. The van der Waals surface area contributed by atoms with E-state index in [1.165, 1.54) is 0 Å². The third-order valence-corrected chi connectivity index (χ3v) is 4.30. The first-order valence-electron chi connectivity index (χ1n) is 8.18. The summed E-state index contributed by atoms with van der Waals surface area (Å²) >= 11 is 0. The van der Waals surface area contributed by atoms with Crippen molar-refractivity contribution in [3.63, 3.8) is 0 Å². The molecule has 1 aliphatic carbocycles. The number of amides is 1. The molecule has 7 heteroatoms. The summed E-state index contributed by atoms with van der Waals surface area (Å²) in [5, 5.41) is 10.2. The van der Waals surface area contributed by atoms with Gasteiger partial charge in [0.2, 0.25) is 5.91 Å². The number of esters is 1. The molecule has 0 aliphatic heterocycles. The summed E-state index contributed by atoms with van der Waals surface area (Å²) in [6.07, 6.45) is 6.66. The number of nitrogens with zero attached hydrogens (tertiary/aromatic N) is 2. The molecule has 0 bridgehead atoms. The van der Waals surface area contributed by atoms with Crippen LogP contribution in [-0.4, -0.2) is 41.4 Å². The van der Waals surface area contributed by atoms with E-state index >= 15 is 0 Å². The van der Waals surface area contributed by atoms with E-state index in [2.05, 4.69) is 15.7 Å². The predicted molar refractivity (Wildman–Crippen MR) is 85.5 cm³/mol. The van der Waals surface area contributed by atoms with E-state index in [1.54, 1.807) is 17.9 Å². The maximum absolute atomic E-state index is 12.5. The van der Waals surface area contributed by atoms with Gasteiger partial charge in [0.15, 0.2) is 0 Å². The maximum Gasteiger partial charge on any atom is 0.308 e. The van der Waals surface area contributed by atoms with E-state index in [0.717, 1.165) is 31.2 Å². The highest BCUT2D eigenvalue weighted by Gasteiger charge is 2.29. The van der Waals surface area contributed by atoms with Crippen molar-refractivity contribution in [3.05, 3.63) is 18.0 Å². The van der Waals surface area contributed by atoms with Gasteiger partial charge in [0.05, 0.1) is 18.7 Å². The van der Waals surface area contributed by atoms with Crippen LogP contribution in [0, 0.1) is 5.92 Å². The third kappa shape index (κ3) is 4.54. The van der Waals surface area contributed by atoms with E-state index in [0.29, 0.717) is 6.61 Å². The summed E-state index contributed by atoms with van der Waals surface area (Å²) < 4.78 is 6.75. The lowest BCUT2D eigenvalue weighted by Gasteiger charge is -2.29. The predicted octanol–water partition coefficient (Wildman–Crippen LogP) is 0.919. The van der Waals surface area contributed by atoms with E-state index in [-0.39, 0.29) is 23.8 Å². The topological polar surface area (TPSA) is 85.2 Å². The molecule has 1 saturated carbocycles. The highest BCUT2D eigenvalue weighted by molar-refractivity contribution is 5.83. The van der Waals surface area contributed by atoms with Crippen LogP contribution >= 0.6 is 0 Å². The van der Waals surface area contributed by atoms with Gasteiger partial charge in [0.1, 0.15) is 6.04 Å². The molecule has 0 spiro atoms. The minimum atomic E-state index is -0.411. The standard InChI is InChI=1S/C16H26N4O3/c1-4-23-16(22)11-5-7-13(8-6-11)19-15(21)14(17-2)12-9-18-20(3)10-12/h9-11,13-14,17H,4-8H2,1-3H3,(H,19,21). The molecule has 1 unspecified atom stereocenters. The number of carbonyl (C=O) groups is 2. The van der Waals surface area contributed by atoms with Crippen LogP contribution in [-0.2, 0) is 21.4 Å². The van der Waals surface area contributed by atoms with Crippen molar-refractivity contribution in [2.24, 2.45) is 13.0 Å². The summed E-state index contributed by atoms with van der Waals surface area (Å²) in [4.78, 5) is 24.2. The molecule has 1 atom stereocenters. The SMILES string of the molecule is CCOC(=O)C1CCC(NC(=O)C(NC)c2cnn(C)c2)CC1. The second-order valence-electron chi connectivity index (χ2n) is 5.98. The fraction of sp³-hybridized carbons (Fsp3) is 0.688. The number of aryl methyl sites for hydroxylation is 1. The highest BCUT2D eigenvalue weighted by atomic mass is 16.5. The summed E-state index contributed by atoms with van der Waals surface area (Å²) in [5.74, 6) is -0.192. The number of aromatic nitrogens is 2. The highest BCUT2D eigenvalue weighted by Crippen LogP contribution is 2.26. The van der Waals surface area contributed by atoms with E-state index in [4.69, 9.17) is 4.74 Å². The number of likely N-dealkylation sites (N-methyl/N-ethyl adjacent to an activating group) is 1. The minimum Gasteiger partial charge on any atom is -0.466 e. The van der Waals surface area contributed by atoms with Gasteiger partial charge in [-0.25, -0.2) is 0 Å². The summed E-state index contributed by atoms with van der Waals surface area (Å²) in [7, 11) is 3.58. The molecule has 2 N–H and O–H groups in total. The van der Waals surface area contributed by atoms with Crippen LogP contribution in [0.25, 0.3) is 0 Å². The van der Waals surface area contributed by atoms with Gasteiger partial charge in [-0.1, -0.05) is 0 Å². The molecule has 1 heterocycles. The average molecular weight is 322 g/mol. The van der Waals surface area contributed by atoms with Crippen molar-refractivity contribution in [1.82, 2.24) is 20.4 Å². The molecule has 1 amide bonds. The Hall–Kier alpha value is -1.89. The molecule has 0 aromatic carbocycles. The molecule has 7 nitrogen and oxygen atoms in total. The van der Waals surface area contributed by atoms with Gasteiger partial charge < -0.3 is 15.4 Å². The first kappa shape index (κ1) is 17.5. The largest absolute Gasteiger partial charge is 0.466 e. The Morgan fingerprint density at radius 1 is 1.39 bits per heavy atom. The summed E-state index contributed by atoms with van der Waals surface area (Å²) in [5.41, 5.74) is 0.840. The molecule has 1 aliphatic rings. The number of carbonyl (C=O) groups excluding carboxylic acids is 2. The van der Waals surface area contributed by atoms with Crippen molar-refractivity contribution >= 4 is 11.9 Å². The number of hydrogen-bond acceptors (Lipinski definition) is 5. The second kappa shape index (κ2) is 8.10. The van der Waals surface area contributed by atoms with Crippen LogP contribution in [0.5, 0.6) is 0 Å². The normalized spacial score (nSPS) is 22.4. The lowest BCUT2D eigenvalue weighted by molar-refractivity contribution is -0.149. The van der Waals surface area contributed by atoms with Gasteiger partial charge in [-0.15, -0.1) is 0 Å². The van der Waals surface area contributed by atoms with E-state index in [1.807, 2.05) is 20.2 Å². The molecular formula is C16H26N4O3. The quantitative estimate of drug-likeness (QED) is 0.761. The van der Waals surface area contributed by atoms with Gasteiger partial charge in [0, 0.05) is 24.8 Å². The Morgan fingerprint density at radius 2 is 2.09 bits per heavy atom. The van der Waals surface area contributed by atoms with Crippen LogP contribution in [0.3, 0.4) is 0 Å².